The fourth-order valence-corrected chi connectivity index (χ4v) is 2.35. The third-order valence-corrected chi connectivity index (χ3v) is 3.89. The first-order chi connectivity index (χ1) is 10.9. The molecule has 1 aromatic heterocycles. The molecular weight excluding hydrogens is 298 g/mol. The summed E-state index contributed by atoms with van der Waals surface area (Å²) in [7, 11) is 1.68. The van der Waals surface area contributed by atoms with Gasteiger partial charge in [-0.1, -0.05) is 6.07 Å². The van der Waals surface area contributed by atoms with Crippen molar-refractivity contribution in [2.75, 3.05) is 7.05 Å². The lowest BCUT2D eigenvalue weighted by Gasteiger charge is -2.25. The number of benzene rings is 1. The van der Waals surface area contributed by atoms with E-state index in [1.165, 1.54) is 6.07 Å². The second kappa shape index (κ2) is 7.31. The molecule has 0 fully saturated rings. The molecule has 3 nitrogen and oxygen atoms in total. The van der Waals surface area contributed by atoms with Crippen LogP contribution in [-0.4, -0.2) is 28.9 Å². The van der Waals surface area contributed by atoms with Crippen LogP contribution in [0.3, 0.4) is 0 Å². The van der Waals surface area contributed by atoms with Crippen molar-refractivity contribution in [3.05, 3.63) is 65.0 Å². The van der Waals surface area contributed by atoms with Crippen LogP contribution in [0, 0.1) is 18.6 Å². The molecule has 1 aromatic carbocycles. The largest absolute Gasteiger partial charge is 0.342 e. The van der Waals surface area contributed by atoms with Crippen LogP contribution in [0.1, 0.15) is 23.7 Å². The van der Waals surface area contributed by atoms with E-state index in [0.29, 0.717) is 6.42 Å². The Kier molecular flexibility index (Phi) is 5.42. The highest BCUT2D eigenvalue weighted by molar-refractivity contribution is 5.78. The van der Waals surface area contributed by atoms with E-state index >= 15 is 0 Å². The van der Waals surface area contributed by atoms with Crippen LogP contribution in [-0.2, 0) is 17.6 Å². The lowest BCUT2D eigenvalue weighted by atomic mass is 10.1. The molecule has 2 rings (SSSR count). The van der Waals surface area contributed by atoms with E-state index in [4.69, 9.17) is 0 Å². The van der Waals surface area contributed by atoms with Gasteiger partial charge in [-0.2, -0.15) is 0 Å². The van der Waals surface area contributed by atoms with E-state index in [1.807, 2.05) is 26.0 Å². The molecule has 2 aromatic rings. The van der Waals surface area contributed by atoms with Gasteiger partial charge in [-0.3, -0.25) is 9.78 Å². The standard InChI is InChI=1S/C18H20F2N2O/c1-12-6-7-21-16(8-12)9-13(2)22(3)18(23)10-14-4-5-15(19)11-17(14)20/h4-8,11,13H,9-10H2,1-3H3/t13-/m1/s1. The summed E-state index contributed by atoms with van der Waals surface area (Å²) in [6.45, 7) is 3.91. The van der Waals surface area contributed by atoms with Crippen molar-refractivity contribution in [3.8, 4) is 0 Å². The van der Waals surface area contributed by atoms with Gasteiger partial charge >= 0.3 is 0 Å². The van der Waals surface area contributed by atoms with Gasteiger partial charge in [-0.25, -0.2) is 8.78 Å². The molecule has 0 radical (unpaired) electrons. The van der Waals surface area contributed by atoms with Gasteiger partial charge in [-0.15, -0.1) is 0 Å². The molecule has 0 unspecified atom stereocenters. The third kappa shape index (κ3) is 4.58. The minimum Gasteiger partial charge on any atom is -0.342 e. The quantitative estimate of drug-likeness (QED) is 0.847. The van der Waals surface area contributed by atoms with E-state index in [0.717, 1.165) is 23.4 Å². The van der Waals surface area contributed by atoms with Crippen molar-refractivity contribution in [1.82, 2.24) is 9.88 Å². The number of aryl methyl sites for hydroxylation is 1. The summed E-state index contributed by atoms with van der Waals surface area (Å²) in [5.41, 5.74) is 2.22. The maximum Gasteiger partial charge on any atom is 0.227 e. The molecule has 0 bridgehead atoms. The predicted octanol–water partition coefficient (Wildman–Crippen LogP) is 3.30. The fourth-order valence-electron chi connectivity index (χ4n) is 2.35. The van der Waals surface area contributed by atoms with E-state index in [2.05, 4.69) is 4.98 Å². The van der Waals surface area contributed by atoms with Gasteiger partial charge in [0.15, 0.2) is 0 Å². The molecule has 23 heavy (non-hydrogen) atoms. The van der Waals surface area contributed by atoms with Gasteiger partial charge in [0.05, 0.1) is 6.42 Å². The number of amides is 1. The van der Waals surface area contributed by atoms with Gasteiger partial charge in [-0.05, 0) is 43.2 Å². The summed E-state index contributed by atoms with van der Waals surface area (Å²) in [6, 6.07) is 7.09. The highest BCUT2D eigenvalue weighted by Crippen LogP contribution is 2.13. The molecule has 0 aliphatic heterocycles. The number of halogens is 2. The summed E-state index contributed by atoms with van der Waals surface area (Å²) in [6.07, 6.45) is 2.27. The highest BCUT2D eigenvalue weighted by atomic mass is 19.1. The van der Waals surface area contributed by atoms with Crippen molar-refractivity contribution >= 4 is 5.91 Å². The van der Waals surface area contributed by atoms with E-state index in [1.54, 1.807) is 18.1 Å². The first kappa shape index (κ1) is 17.1. The van der Waals surface area contributed by atoms with Crippen molar-refractivity contribution in [2.45, 2.75) is 32.7 Å². The highest BCUT2D eigenvalue weighted by Gasteiger charge is 2.18. The van der Waals surface area contributed by atoms with Gasteiger partial charge in [0.25, 0.3) is 0 Å². The second-order valence-electron chi connectivity index (χ2n) is 5.79. The maximum absolute atomic E-state index is 13.6. The molecule has 0 aliphatic rings. The molecule has 122 valence electrons. The number of nitrogens with zero attached hydrogens (tertiary/aromatic N) is 2. The summed E-state index contributed by atoms with van der Waals surface area (Å²) in [5.74, 6) is -1.55. The number of rotatable bonds is 5. The zero-order valence-corrected chi connectivity index (χ0v) is 13.5. The molecule has 0 N–H and O–H groups in total. The Labute approximate surface area is 135 Å². The zero-order valence-electron chi connectivity index (χ0n) is 13.5. The van der Waals surface area contributed by atoms with Gasteiger partial charge < -0.3 is 4.90 Å². The van der Waals surface area contributed by atoms with Crippen molar-refractivity contribution in [2.24, 2.45) is 0 Å². The summed E-state index contributed by atoms with van der Waals surface area (Å²) in [4.78, 5) is 18.2. The third-order valence-electron chi connectivity index (χ3n) is 3.89. The van der Waals surface area contributed by atoms with Crippen LogP contribution in [0.2, 0.25) is 0 Å². The Hall–Kier alpha value is -2.30. The first-order valence-electron chi connectivity index (χ1n) is 7.48. The lowest BCUT2D eigenvalue weighted by molar-refractivity contribution is -0.130. The Morgan fingerprint density at radius 1 is 1.26 bits per heavy atom. The fraction of sp³-hybridized carbons (Fsp3) is 0.333. The van der Waals surface area contributed by atoms with Crippen molar-refractivity contribution in [1.29, 1.82) is 0 Å². The second-order valence-corrected chi connectivity index (χ2v) is 5.79. The average Bonchev–Trinajstić information content (AvgIpc) is 2.49. The maximum atomic E-state index is 13.6. The molecule has 1 amide bonds. The van der Waals surface area contributed by atoms with E-state index in [9.17, 15) is 13.6 Å². The van der Waals surface area contributed by atoms with Crippen LogP contribution in [0.25, 0.3) is 0 Å². The van der Waals surface area contributed by atoms with Crippen LogP contribution in [0.5, 0.6) is 0 Å². The molecular formula is C18H20F2N2O. The number of hydrogen-bond donors (Lipinski definition) is 0. The zero-order chi connectivity index (χ0) is 17.0. The molecule has 1 atom stereocenters. The van der Waals surface area contributed by atoms with Crippen LogP contribution in [0.15, 0.2) is 36.5 Å². The first-order valence-corrected chi connectivity index (χ1v) is 7.48. The smallest absolute Gasteiger partial charge is 0.227 e. The SMILES string of the molecule is Cc1ccnc(C[C@@H](C)N(C)C(=O)Cc2ccc(F)cc2F)c1. The average molecular weight is 318 g/mol. The number of pyridine rings is 1. The minimum atomic E-state index is -0.695. The Bertz CT molecular complexity index is 703. The predicted molar refractivity (Wildman–Crippen MR) is 85.0 cm³/mol. The number of carbonyl (C=O) groups is 1. The molecule has 5 heteroatoms. The van der Waals surface area contributed by atoms with Crippen LogP contribution >= 0.6 is 0 Å². The summed E-state index contributed by atoms with van der Waals surface area (Å²) >= 11 is 0. The van der Waals surface area contributed by atoms with Crippen molar-refractivity contribution < 1.29 is 13.6 Å². The van der Waals surface area contributed by atoms with E-state index in [-0.39, 0.29) is 23.9 Å². The van der Waals surface area contributed by atoms with Gasteiger partial charge in [0.2, 0.25) is 5.91 Å². The molecule has 0 spiro atoms. The monoisotopic (exact) mass is 318 g/mol. The number of aromatic nitrogens is 1. The van der Waals surface area contributed by atoms with Gasteiger partial charge in [0.1, 0.15) is 11.6 Å². The van der Waals surface area contributed by atoms with Gasteiger partial charge in [0, 0.05) is 37.5 Å². The minimum absolute atomic E-state index is 0.0692. The number of carbonyl (C=O) groups excluding carboxylic acids is 1. The number of likely N-dealkylation sites (N-methyl/N-ethyl adjacent to an activating group) is 1. The Balaban J connectivity index is 2.01. The summed E-state index contributed by atoms with van der Waals surface area (Å²) in [5, 5.41) is 0. The summed E-state index contributed by atoms with van der Waals surface area (Å²) < 4.78 is 26.6. The normalized spacial score (nSPS) is 12.0. The van der Waals surface area contributed by atoms with E-state index < -0.39 is 11.6 Å². The van der Waals surface area contributed by atoms with Crippen LogP contribution < -0.4 is 0 Å². The number of hydrogen-bond acceptors (Lipinski definition) is 2. The van der Waals surface area contributed by atoms with Crippen molar-refractivity contribution in [3.63, 3.8) is 0 Å². The Morgan fingerprint density at radius 2 is 2.00 bits per heavy atom. The molecule has 0 aliphatic carbocycles. The van der Waals surface area contributed by atoms with Crippen LogP contribution in [0.4, 0.5) is 8.78 Å². The topological polar surface area (TPSA) is 33.2 Å². The molecule has 0 saturated heterocycles. The Morgan fingerprint density at radius 3 is 2.65 bits per heavy atom. The molecule has 1 heterocycles. The lowest BCUT2D eigenvalue weighted by Crippen LogP contribution is -2.37. The molecule has 0 saturated carbocycles.